The summed E-state index contributed by atoms with van der Waals surface area (Å²) in [7, 11) is 0. The molecule has 1 aliphatic rings. The number of aromatic nitrogens is 1. The molecule has 0 atom stereocenters. The zero-order valence-electron chi connectivity index (χ0n) is 7.88. The first-order chi connectivity index (χ1) is 6.66. The van der Waals surface area contributed by atoms with Crippen molar-refractivity contribution >= 4 is 34.3 Å². The van der Waals surface area contributed by atoms with E-state index in [2.05, 4.69) is 32.9 Å². The molecule has 1 heterocycles. The van der Waals surface area contributed by atoms with E-state index in [1.54, 1.807) is 6.20 Å². The highest BCUT2D eigenvalue weighted by molar-refractivity contribution is 14.1. The molecule has 0 aliphatic heterocycles. The number of hydrogen-bond donors (Lipinski definition) is 1. The standard InChI is InChI=1S/C10H11IN2O/c1-6-5-12-9(4-8(6)11)13-10(14)7-2-3-7/h4-5,7H,2-3H2,1H3,(H,12,13,14). The molecule has 1 saturated carbocycles. The number of hydrogen-bond acceptors (Lipinski definition) is 2. The van der Waals surface area contributed by atoms with Gasteiger partial charge in [0.05, 0.1) is 0 Å². The average Bonchev–Trinajstić information content (AvgIpc) is 2.94. The summed E-state index contributed by atoms with van der Waals surface area (Å²) in [6, 6.07) is 1.90. The molecule has 0 radical (unpaired) electrons. The molecule has 2 rings (SSSR count). The molecule has 1 amide bonds. The third kappa shape index (κ3) is 2.23. The normalized spacial score (nSPS) is 15.3. The SMILES string of the molecule is Cc1cnc(NC(=O)C2CC2)cc1I. The number of halogens is 1. The van der Waals surface area contributed by atoms with E-state index in [4.69, 9.17) is 0 Å². The van der Waals surface area contributed by atoms with Crippen molar-refractivity contribution in [2.75, 3.05) is 5.32 Å². The minimum absolute atomic E-state index is 0.108. The fourth-order valence-electron chi connectivity index (χ4n) is 1.14. The summed E-state index contributed by atoms with van der Waals surface area (Å²) < 4.78 is 1.13. The average molecular weight is 302 g/mol. The molecule has 0 spiro atoms. The predicted octanol–water partition coefficient (Wildman–Crippen LogP) is 2.34. The van der Waals surface area contributed by atoms with Crippen molar-refractivity contribution < 1.29 is 4.79 Å². The third-order valence-corrected chi connectivity index (χ3v) is 3.40. The van der Waals surface area contributed by atoms with Gasteiger partial charge in [-0.1, -0.05) is 0 Å². The number of rotatable bonds is 2. The van der Waals surface area contributed by atoms with Gasteiger partial charge >= 0.3 is 0 Å². The lowest BCUT2D eigenvalue weighted by atomic mass is 10.3. The van der Waals surface area contributed by atoms with Crippen LogP contribution < -0.4 is 5.32 Å². The number of carbonyl (C=O) groups is 1. The molecule has 0 saturated heterocycles. The summed E-state index contributed by atoms with van der Waals surface area (Å²) in [5.74, 6) is 1.00. The summed E-state index contributed by atoms with van der Waals surface area (Å²) in [4.78, 5) is 15.6. The van der Waals surface area contributed by atoms with Gasteiger partial charge in [0, 0.05) is 15.7 Å². The Morgan fingerprint density at radius 3 is 2.93 bits per heavy atom. The Balaban J connectivity index is 2.08. The molecule has 14 heavy (non-hydrogen) atoms. The molecule has 74 valence electrons. The summed E-state index contributed by atoms with van der Waals surface area (Å²) in [5, 5.41) is 2.82. The molecule has 1 aliphatic carbocycles. The Kier molecular flexibility index (Phi) is 2.71. The Labute approximate surface area is 96.4 Å². The van der Waals surface area contributed by atoms with Crippen LogP contribution in [-0.2, 0) is 4.79 Å². The van der Waals surface area contributed by atoms with Crippen molar-refractivity contribution in [1.82, 2.24) is 4.98 Å². The molecular weight excluding hydrogens is 291 g/mol. The molecule has 0 bridgehead atoms. The van der Waals surface area contributed by atoms with Gasteiger partial charge in [0.25, 0.3) is 0 Å². The highest BCUT2D eigenvalue weighted by Gasteiger charge is 2.29. The van der Waals surface area contributed by atoms with Crippen molar-refractivity contribution in [3.63, 3.8) is 0 Å². The predicted molar refractivity (Wildman–Crippen MR) is 63.0 cm³/mol. The van der Waals surface area contributed by atoms with Crippen LogP contribution in [0.3, 0.4) is 0 Å². The number of pyridine rings is 1. The Morgan fingerprint density at radius 2 is 2.36 bits per heavy atom. The van der Waals surface area contributed by atoms with E-state index in [1.807, 2.05) is 13.0 Å². The lowest BCUT2D eigenvalue weighted by Crippen LogP contribution is -2.14. The number of aryl methyl sites for hydroxylation is 1. The van der Waals surface area contributed by atoms with Crippen LogP contribution in [0, 0.1) is 16.4 Å². The first-order valence-electron chi connectivity index (χ1n) is 4.60. The quantitative estimate of drug-likeness (QED) is 0.852. The zero-order chi connectivity index (χ0) is 10.1. The molecule has 0 aromatic carbocycles. The molecule has 4 heteroatoms. The molecule has 1 aromatic rings. The van der Waals surface area contributed by atoms with E-state index in [0.717, 1.165) is 22.0 Å². The van der Waals surface area contributed by atoms with Crippen LogP contribution >= 0.6 is 22.6 Å². The van der Waals surface area contributed by atoms with Gasteiger partial charge in [0.1, 0.15) is 5.82 Å². The Morgan fingerprint density at radius 1 is 1.64 bits per heavy atom. The van der Waals surface area contributed by atoms with Gasteiger partial charge in [-0.3, -0.25) is 4.79 Å². The second-order valence-electron chi connectivity index (χ2n) is 3.58. The van der Waals surface area contributed by atoms with E-state index in [-0.39, 0.29) is 11.8 Å². The number of nitrogens with one attached hydrogen (secondary N) is 1. The van der Waals surface area contributed by atoms with Gasteiger partial charge < -0.3 is 5.32 Å². The second kappa shape index (κ2) is 3.84. The van der Waals surface area contributed by atoms with Crippen LogP contribution in [0.1, 0.15) is 18.4 Å². The maximum Gasteiger partial charge on any atom is 0.228 e. The summed E-state index contributed by atoms with van der Waals surface area (Å²) >= 11 is 2.24. The van der Waals surface area contributed by atoms with Crippen LogP contribution in [0.15, 0.2) is 12.3 Å². The highest BCUT2D eigenvalue weighted by atomic mass is 127. The summed E-state index contributed by atoms with van der Waals surface area (Å²) in [6.45, 7) is 2.00. The molecule has 0 unspecified atom stereocenters. The fraction of sp³-hybridized carbons (Fsp3) is 0.400. The van der Waals surface area contributed by atoms with E-state index < -0.39 is 0 Å². The molecule has 1 N–H and O–H groups in total. The van der Waals surface area contributed by atoms with Crippen LogP contribution in [0.25, 0.3) is 0 Å². The van der Waals surface area contributed by atoms with E-state index in [1.165, 1.54) is 0 Å². The lowest BCUT2D eigenvalue weighted by Gasteiger charge is -2.04. The fourth-order valence-corrected chi connectivity index (χ4v) is 1.58. The number of anilines is 1. The molecular formula is C10H11IN2O. The van der Waals surface area contributed by atoms with Gasteiger partial charge in [-0.05, 0) is 54.0 Å². The number of carbonyl (C=O) groups excluding carboxylic acids is 1. The zero-order valence-corrected chi connectivity index (χ0v) is 10.0. The maximum atomic E-state index is 11.4. The first-order valence-corrected chi connectivity index (χ1v) is 5.67. The van der Waals surface area contributed by atoms with Gasteiger partial charge in [0.2, 0.25) is 5.91 Å². The molecule has 1 fully saturated rings. The van der Waals surface area contributed by atoms with Crippen molar-refractivity contribution in [3.05, 3.63) is 21.4 Å². The number of amides is 1. The summed E-state index contributed by atoms with van der Waals surface area (Å²) in [6.07, 6.45) is 3.83. The van der Waals surface area contributed by atoms with Crippen LogP contribution in [0.5, 0.6) is 0 Å². The van der Waals surface area contributed by atoms with Gasteiger partial charge in [-0.15, -0.1) is 0 Å². The minimum atomic E-state index is 0.108. The monoisotopic (exact) mass is 302 g/mol. The topological polar surface area (TPSA) is 42.0 Å². The van der Waals surface area contributed by atoms with E-state index in [9.17, 15) is 4.79 Å². The van der Waals surface area contributed by atoms with Gasteiger partial charge in [-0.25, -0.2) is 4.98 Å². The van der Waals surface area contributed by atoms with Crippen molar-refractivity contribution in [2.24, 2.45) is 5.92 Å². The van der Waals surface area contributed by atoms with Gasteiger partial charge in [-0.2, -0.15) is 0 Å². The molecule has 1 aromatic heterocycles. The third-order valence-electron chi connectivity index (χ3n) is 2.24. The van der Waals surface area contributed by atoms with Crippen LogP contribution in [0.2, 0.25) is 0 Å². The minimum Gasteiger partial charge on any atom is -0.310 e. The van der Waals surface area contributed by atoms with E-state index in [0.29, 0.717) is 5.82 Å². The van der Waals surface area contributed by atoms with Gasteiger partial charge in [0.15, 0.2) is 0 Å². The summed E-state index contributed by atoms with van der Waals surface area (Å²) in [5.41, 5.74) is 1.13. The van der Waals surface area contributed by atoms with Crippen LogP contribution in [0.4, 0.5) is 5.82 Å². The van der Waals surface area contributed by atoms with Crippen molar-refractivity contribution in [2.45, 2.75) is 19.8 Å². The highest BCUT2D eigenvalue weighted by Crippen LogP contribution is 2.30. The maximum absolute atomic E-state index is 11.4. The Bertz CT molecular complexity index is 374. The largest absolute Gasteiger partial charge is 0.310 e. The van der Waals surface area contributed by atoms with Crippen LogP contribution in [-0.4, -0.2) is 10.9 Å². The first kappa shape index (κ1) is 9.89. The Hall–Kier alpha value is -0.650. The van der Waals surface area contributed by atoms with Crippen molar-refractivity contribution in [3.8, 4) is 0 Å². The molecule has 3 nitrogen and oxygen atoms in total. The second-order valence-corrected chi connectivity index (χ2v) is 4.74. The lowest BCUT2D eigenvalue weighted by molar-refractivity contribution is -0.117. The smallest absolute Gasteiger partial charge is 0.228 e. The van der Waals surface area contributed by atoms with E-state index >= 15 is 0 Å². The van der Waals surface area contributed by atoms with Crippen molar-refractivity contribution in [1.29, 1.82) is 0 Å². The number of nitrogens with zero attached hydrogens (tertiary/aromatic N) is 1.